The highest BCUT2D eigenvalue weighted by Gasteiger charge is 2.31. The number of rotatable bonds is 3. The highest BCUT2D eigenvalue weighted by atomic mass is 16.5. The molecule has 0 bridgehead atoms. The first-order valence-electron chi connectivity index (χ1n) is 8.72. The van der Waals surface area contributed by atoms with Crippen LogP contribution in [0, 0.1) is 6.92 Å². The van der Waals surface area contributed by atoms with Crippen molar-refractivity contribution in [3.8, 4) is 5.75 Å². The number of nitrogens with one attached hydrogen (secondary N) is 1. The fourth-order valence-corrected chi connectivity index (χ4v) is 3.97. The van der Waals surface area contributed by atoms with Gasteiger partial charge in [0.1, 0.15) is 11.6 Å². The maximum Gasteiger partial charge on any atom is 0.226 e. The Morgan fingerprint density at radius 1 is 1.21 bits per heavy atom. The molecule has 1 N–H and O–H groups in total. The van der Waals surface area contributed by atoms with Crippen LogP contribution in [0.25, 0.3) is 0 Å². The van der Waals surface area contributed by atoms with Crippen molar-refractivity contribution in [1.82, 2.24) is 9.78 Å². The molecule has 1 aliphatic heterocycles. The number of fused-ring (bicyclic) bond motifs is 1. The van der Waals surface area contributed by atoms with E-state index in [9.17, 15) is 4.79 Å². The quantitative estimate of drug-likeness (QED) is 0.939. The molecule has 0 radical (unpaired) electrons. The minimum atomic E-state index is 0.0433. The Hall–Kier alpha value is -2.30. The first-order valence-corrected chi connectivity index (χ1v) is 8.72. The summed E-state index contributed by atoms with van der Waals surface area (Å²) in [5.41, 5.74) is 3.24. The van der Waals surface area contributed by atoms with E-state index in [2.05, 4.69) is 22.5 Å². The smallest absolute Gasteiger partial charge is 0.226 e. The van der Waals surface area contributed by atoms with Crippen LogP contribution in [0.1, 0.15) is 54.8 Å². The molecule has 0 unspecified atom stereocenters. The molecule has 1 aromatic heterocycles. The zero-order valence-electron chi connectivity index (χ0n) is 14.2. The Kier molecular flexibility index (Phi) is 3.79. The van der Waals surface area contributed by atoms with E-state index in [4.69, 9.17) is 4.74 Å². The SMILES string of the molecule is Cc1nn(C)c2c1[C@H](c1ccc(OC3CCCC3)cc1)CC(=O)N2. The minimum Gasteiger partial charge on any atom is -0.490 e. The van der Waals surface area contributed by atoms with Crippen molar-refractivity contribution in [3.05, 3.63) is 41.1 Å². The summed E-state index contributed by atoms with van der Waals surface area (Å²) in [5, 5.41) is 7.41. The predicted octanol–water partition coefficient (Wildman–Crippen LogP) is 3.52. The summed E-state index contributed by atoms with van der Waals surface area (Å²) in [5.74, 6) is 1.85. The number of benzene rings is 1. The molecular formula is C19H23N3O2. The standard InChI is InChI=1S/C19H23N3O2/c1-12-18-16(11-17(23)20-19(18)22(2)21-12)13-7-9-15(10-8-13)24-14-5-3-4-6-14/h7-10,14,16H,3-6,11H2,1-2H3,(H,20,23)/t16-/m0/s1. The number of carbonyl (C=O) groups is 1. The van der Waals surface area contributed by atoms with Gasteiger partial charge in [-0.05, 0) is 50.3 Å². The molecule has 0 spiro atoms. The van der Waals surface area contributed by atoms with Gasteiger partial charge in [-0.25, -0.2) is 0 Å². The van der Waals surface area contributed by atoms with Gasteiger partial charge < -0.3 is 10.1 Å². The number of amides is 1. The maximum atomic E-state index is 12.1. The number of anilines is 1. The van der Waals surface area contributed by atoms with Crippen molar-refractivity contribution in [3.63, 3.8) is 0 Å². The molecule has 126 valence electrons. The zero-order valence-corrected chi connectivity index (χ0v) is 14.2. The number of hydrogen-bond acceptors (Lipinski definition) is 3. The molecule has 4 rings (SSSR count). The van der Waals surface area contributed by atoms with Crippen LogP contribution in [0.4, 0.5) is 5.82 Å². The monoisotopic (exact) mass is 325 g/mol. The number of aromatic nitrogens is 2. The molecule has 1 atom stereocenters. The lowest BCUT2D eigenvalue weighted by Crippen LogP contribution is -2.24. The molecule has 2 heterocycles. The molecule has 24 heavy (non-hydrogen) atoms. The number of ether oxygens (including phenoxy) is 1. The molecule has 1 fully saturated rings. The zero-order chi connectivity index (χ0) is 16.7. The largest absolute Gasteiger partial charge is 0.490 e. The van der Waals surface area contributed by atoms with E-state index in [-0.39, 0.29) is 11.8 Å². The van der Waals surface area contributed by atoms with Crippen LogP contribution in [0.3, 0.4) is 0 Å². The fraction of sp³-hybridized carbons (Fsp3) is 0.474. The Labute approximate surface area is 142 Å². The van der Waals surface area contributed by atoms with Crippen molar-refractivity contribution < 1.29 is 9.53 Å². The summed E-state index contributed by atoms with van der Waals surface area (Å²) in [6, 6.07) is 8.24. The van der Waals surface area contributed by atoms with Gasteiger partial charge in [0.15, 0.2) is 0 Å². The molecule has 1 aliphatic carbocycles. The van der Waals surface area contributed by atoms with E-state index in [1.54, 1.807) is 4.68 Å². The van der Waals surface area contributed by atoms with Gasteiger partial charge in [0, 0.05) is 24.9 Å². The second kappa shape index (κ2) is 5.96. The van der Waals surface area contributed by atoms with Gasteiger partial charge in [0.25, 0.3) is 0 Å². The average Bonchev–Trinajstić information content (AvgIpc) is 3.16. The molecule has 1 saturated carbocycles. The molecule has 5 nitrogen and oxygen atoms in total. The van der Waals surface area contributed by atoms with Crippen LogP contribution in [0.2, 0.25) is 0 Å². The van der Waals surface area contributed by atoms with E-state index >= 15 is 0 Å². The summed E-state index contributed by atoms with van der Waals surface area (Å²) in [6.45, 7) is 2.00. The number of hydrogen-bond donors (Lipinski definition) is 1. The van der Waals surface area contributed by atoms with Gasteiger partial charge in [0.05, 0.1) is 11.8 Å². The Balaban J connectivity index is 1.60. The van der Waals surface area contributed by atoms with Crippen molar-refractivity contribution in [2.24, 2.45) is 7.05 Å². The summed E-state index contributed by atoms with van der Waals surface area (Å²) in [4.78, 5) is 12.1. The van der Waals surface area contributed by atoms with E-state index in [1.165, 1.54) is 12.8 Å². The van der Waals surface area contributed by atoms with E-state index in [0.717, 1.165) is 41.2 Å². The number of carbonyl (C=O) groups excluding carboxylic acids is 1. The van der Waals surface area contributed by atoms with Crippen molar-refractivity contribution in [2.45, 2.75) is 51.0 Å². The predicted molar refractivity (Wildman–Crippen MR) is 92.4 cm³/mol. The second-order valence-electron chi connectivity index (χ2n) is 6.87. The van der Waals surface area contributed by atoms with Crippen LogP contribution < -0.4 is 10.1 Å². The molecule has 1 aromatic carbocycles. The third kappa shape index (κ3) is 2.68. The lowest BCUT2D eigenvalue weighted by molar-refractivity contribution is -0.116. The first-order chi connectivity index (χ1) is 11.6. The second-order valence-corrected chi connectivity index (χ2v) is 6.87. The normalized spacial score (nSPS) is 20.8. The van der Waals surface area contributed by atoms with Gasteiger partial charge >= 0.3 is 0 Å². The van der Waals surface area contributed by atoms with E-state index in [1.807, 2.05) is 26.1 Å². The summed E-state index contributed by atoms with van der Waals surface area (Å²) in [6.07, 6.45) is 5.67. The molecular weight excluding hydrogens is 302 g/mol. The van der Waals surface area contributed by atoms with Gasteiger partial charge in [-0.3, -0.25) is 9.48 Å². The lowest BCUT2D eigenvalue weighted by atomic mass is 9.86. The number of nitrogens with zero attached hydrogens (tertiary/aromatic N) is 2. The summed E-state index contributed by atoms with van der Waals surface area (Å²) >= 11 is 0. The minimum absolute atomic E-state index is 0.0433. The lowest BCUT2D eigenvalue weighted by Gasteiger charge is -2.24. The fourth-order valence-electron chi connectivity index (χ4n) is 3.97. The Morgan fingerprint density at radius 2 is 1.92 bits per heavy atom. The maximum absolute atomic E-state index is 12.1. The van der Waals surface area contributed by atoms with Crippen LogP contribution >= 0.6 is 0 Å². The highest BCUT2D eigenvalue weighted by Crippen LogP contribution is 2.39. The van der Waals surface area contributed by atoms with Crippen molar-refractivity contribution in [1.29, 1.82) is 0 Å². The van der Waals surface area contributed by atoms with Gasteiger partial charge in [-0.1, -0.05) is 12.1 Å². The van der Waals surface area contributed by atoms with E-state index in [0.29, 0.717) is 12.5 Å². The third-order valence-corrected chi connectivity index (χ3v) is 5.15. The van der Waals surface area contributed by atoms with Gasteiger partial charge in [0.2, 0.25) is 5.91 Å². The van der Waals surface area contributed by atoms with Gasteiger partial charge in [-0.15, -0.1) is 0 Å². The van der Waals surface area contributed by atoms with E-state index < -0.39 is 0 Å². The number of aryl methyl sites for hydroxylation is 2. The third-order valence-electron chi connectivity index (χ3n) is 5.15. The molecule has 2 aliphatic rings. The molecule has 2 aromatic rings. The van der Waals surface area contributed by atoms with Crippen molar-refractivity contribution in [2.75, 3.05) is 5.32 Å². The van der Waals surface area contributed by atoms with Crippen LogP contribution in [0.5, 0.6) is 5.75 Å². The average molecular weight is 325 g/mol. The topological polar surface area (TPSA) is 56.2 Å². The van der Waals surface area contributed by atoms with Crippen LogP contribution in [0.15, 0.2) is 24.3 Å². The Bertz CT molecular complexity index is 758. The van der Waals surface area contributed by atoms with Crippen LogP contribution in [-0.4, -0.2) is 21.8 Å². The molecule has 1 amide bonds. The highest BCUT2D eigenvalue weighted by molar-refractivity contribution is 5.94. The van der Waals surface area contributed by atoms with Gasteiger partial charge in [-0.2, -0.15) is 5.10 Å². The molecule has 5 heteroatoms. The first kappa shape index (κ1) is 15.2. The van der Waals surface area contributed by atoms with Crippen LogP contribution in [-0.2, 0) is 11.8 Å². The summed E-state index contributed by atoms with van der Waals surface area (Å²) in [7, 11) is 1.87. The van der Waals surface area contributed by atoms with Crippen molar-refractivity contribution >= 4 is 11.7 Å². The Morgan fingerprint density at radius 3 is 2.62 bits per heavy atom. The molecule has 0 saturated heterocycles. The summed E-state index contributed by atoms with van der Waals surface area (Å²) < 4.78 is 7.80.